The number of benzene rings is 1. The van der Waals surface area contributed by atoms with E-state index in [1.165, 1.54) is 24.0 Å². The van der Waals surface area contributed by atoms with Crippen molar-refractivity contribution < 1.29 is 19.4 Å². The van der Waals surface area contributed by atoms with Gasteiger partial charge in [0, 0.05) is 24.1 Å². The van der Waals surface area contributed by atoms with E-state index in [0.717, 1.165) is 22.2 Å². The maximum atomic E-state index is 11.6. The molecule has 3 aromatic rings. The molecule has 1 N–H and O–H groups in total. The van der Waals surface area contributed by atoms with Crippen molar-refractivity contribution in [1.82, 2.24) is 19.4 Å². The maximum Gasteiger partial charge on any atom is 0.415 e. The Bertz CT molecular complexity index is 1060. The highest BCUT2D eigenvalue weighted by molar-refractivity contribution is 5.92. The minimum atomic E-state index is -1.04. The van der Waals surface area contributed by atoms with Crippen molar-refractivity contribution in [2.45, 2.75) is 26.9 Å². The number of rotatable bonds is 2. The third-order valence-electron chi connectivity index (χ3n) is 4.63. The Morgan fingerprint density at radius 2 is 2.00 bits per heavy atom. The molecule has 0 bridgehead atoms. The number of carboxylic acid groups (broad SMARTS) is 1. The third kappa shape index (κ3) is 2.46. The molecule has 4 rings (SSSR count). The Balaban J connectivity index is 1.72. The molecule has 0 aliphatic carbocycles. The zero-order valence-electron chi connectivity index (χ0n) is 14.3. The predicted molar refractivity (Wildman–Crippen MR) is 92.1 cm³/mol. The summed E-state index contributed by atoms with van der Waals surface area (Å²) in [6.45, 7) is 4.25. The van der Waals surface area contributed by atoms with Gasteiger partial charge in [-0.25, -0.2) is 14.8 Å². The molecular weight excluding hydrogens is 336 g/mol. The van der Waals surface area contributed by atoms with Gasteiger partial charge in [-0.05, 0) is 25.1 Å². The molecular formula is C18H16N4O4. The maximum absolute atomic E-state index is 11.6. The van der Waals surface area contributed by atoms with Gasteiger partial charge in [-0.15, -0.1) is 0 Å². The van der Waals surface area contributed by atoms with Gasteiger partial charge < -0.3 is 14.7 Å². The van der Waals surface area contributed by atoms with E-state index in [9.17, 15) is 14.7 Å². The van der Waals surface area contributed by atoms with Crippen LogP contribution in [0.4, 0.5) is 4.79 Å². The molecule has 132 valence electrons. The summed E-state index contributed by atoms with van der Waals surface area (Å²) in [7, 11) is 0. The molecule has 0 unspecified atom stereocenters. The third-order valence-corrected chi connectivity index (χ3v) is 4.63. The van der Waals surface area contributed by atoms with Crippen LogP contribution < -0.4 is 4.74 Å². The van der Waals surface area contributed by atoms with Gasteiger partial charge in [-0.2, -0.15) is 0 Å². The fraction of sp³-hybridized carbons (Fsp3) is 0.222. The van der Waals surface area contributed by atoms with E-state index in [1.807, 2.05) is 6.92 Å². The number of fused-ring (bicyclic) bond motifs is 2. The summed E-state index contributed by atoms with van der Waals surface area (Å²) in [4.78, 5) is 33.0. The summed E-state index contributed by atoms with van der Waals surface area (Å²) in [5.74, 6) is 0.975. The normalized spacial score (nSPS) is 13.1. The average Bonchev–Trinajstić information content (AvgIpc) is 3.22. The van der Waals surface area contributed by atoms with Crippen LogP contribution in [0.2, 0.25) is 0 Å². The minimum Gasteiger partial charge on any atom is -0.464 e. The predicted octanol–water partition coefficient (Wildman–Crippen LogP) is 2.92. The Hall–Kier alpha value is -3.42. The Morgan fingerprint density at radius 1 is 1.19 bits per heavy atom. The van der Waals surface area contributed by atoms with Gasteiger partial charge in [-0.1, -0.05) is 0 Å². The van der Waals surface area contributed by atoms with Gasteiger partial charge >= 0.3 is 6.09 Å². The Labute approximate surface area is 148 Å². The lowest BCUT2D eigenvalue weighted by molar-refractivity contribution is -0.129. The molecule has 1 amide bonds. The minimum absolute atomic E-state index is 0.0263. The number of aryl methyl sites for hydroxylation is 1. The first-order chi connectivity index (χ1) is 12.5. The SMILES string of the molecule is CC(=O)N1Cc2ncnc(Oc3ccc4c(ccn4C(=O)O)c3C)c2C1. The summed E-state index contributed by atoms with van der Waals surface area (Å²) >= 11 is 0. The number of nitrogens with zero attached hydrogens (tertiary/aromatic N) is 4. The zero-order valence-corrected chi connectivity index (χ0v) is 14.3. The van der Waals surface area contributed by atoms with Crippen molar-refractivity contribution in [3.05, 3.63) is 47.5 Å². The lowest BCUT2D eigenvalue weighted by Crippen LogP contribution is -2.21. The summed E-state index contributed by atoms with van der Waals surface area (Å²) in [6, 6.07) is 5.17. The molecule has 3 heterocycles. The van der Waals surface area contributed by atoms with Crippen LogP contribution in [0.5, 0.6) is 11.6 Å². The standard InChI is InChI=1S/C18H16N4O4/c1-10-12-5-6-22(18(24)25)15(12)3-4-16(10)26-17-13-7-21(11(2)23)8-14(13)19-9-20-17/h3-6,9H,7-8H2,1-2H3,(H,24,25). The van der Waals surface area contributed by atoms with Gasteiger partial charge in [0.2, 0.25) is 11.8 Å². The number of aromatic nitrogens is 3. The quantitative estimate of drug-likeness (QED) is 0.761. The number of carbonyl (C=O) groups is 2. The van der Waals surface area contributed by atoms with Crippen LogP contribution in [0.1, 0.15) is 23.7 Å². The monoisotopic (exact) mass is 352 g/mol. The molecule has 8 heteroatoms. The molecule has 26 heavy (non-hydrogen) atoms. The summed E-state index contributed by atoms with van der Waals surface area (Å²) in [6.07, 6.45) is 1.90. The van der Waals surface area contributed by atoms with Crippen LogP contribution in [-0.2, 0) is 17.9 Å². The average molecular weight is 352 g/mol. The van der Waals surface area contributed by atoms with Crippen molar-refractivity contribution in [1.29, 1.82) is 0 Å². The molecule has 1 aromatic carbocycles. The molecule has 0 saturated heterocycles. The van der Waals surface area contributed by atoms with E-state index >= 15 is 0 Å². The zero-order chi connectivity index (χ0) is 18.4. The van der Waals surface area contributed by atoms with Crippen LogP contribution >= 0.6 is 0 Å². The second-order valence-corrected chi connectivity index (χ2v) is 6.17. The molecule has 0 saturated carbocycles. The number of hydrogen-bond donors (Lipinski definition) is 1. The van der Waals surface area contributed by atoms with Gasteiger partial charge in [-0.3, -0.25) is 9.36 Å². The van der Waals surface area contributed by atoms with Crippen LogP contribution in [0.15, 0.2) is 30.7 Å². The highest BCUT2D eigenvalue weighted by atomic mass is 16.5. The van der Waals surface area contributed by atoms with Crippen molar-refractivity contribution in [3.63, 3.8) is 0 Å². The summed E-state index contributed by atoms with van der Waals surface area (Å²) < 4.78 is 7.18. The van der Waals surface area contributed by atoms with Gasteiger partial charge in [0.25, 0.3) is 0 Å². The molecule has 0 fully saturated rings. The van der Waals surface area contributed by atoms with E-state index in [1.54, 1.807) is 23.1 Å². The second kappa shape index (κ2) is 5.83. The molecule has 8 nitrogen and oxygen atoms in total. The Kier molecular flexibility index (Phi) is 3.61. The molecule has 0 spiro atoms. The number of carbonyl (C=O) groups excluding carboxylic acids is 1. The van der Waals surface area contributed by atoms with Gasteiger partial charge in [0.05, 0.1) is 29.9 Å². The number of amides is 1. The fourth-order valence-corrected chi connectivity index (χ4v) is 3.19. The van der Waals surface area contributed by atoms with Crippen LogP contribution in [-0.4, -0.2) is 36.5 Å². The Morgan fingerprint density at radius 3 is 2.73 bits per heavy atom. The lowest BCUT2D eigenvalue weighted by atomic mass is 10.1. The van der Waals surface area contributed by atoms with E-state index in [2.05, 4.69) is 9.97 Å². The smallest absolute Gasteiger partial charge is 0.415 e. The highest BCUT2D eigenvalue weighted by Crippen LogP contribution is 2.34. The van der Waals surface area contributed by atoms with Crippen LogP contribution in [0, 0.1) is 6.92 Å². The number of hydrogen-bond acceptors (Lipinski definition) is 5. The van der Waals surface area contributed by atoms with Crippen molar-refractivity contribution >= 4 is 22.9 Å². The topological polar surface area (TPSA) is 97.6 Å². The molecule has 0 radical (unpaired) electrons. The summed E-state index contributed by atoms with van der Waals surface area (Å²) in [5, 5.41) is 10.0. The summed E-state index contributed by atoms with van der Waals surface area (Å²) in [5.41, 5.74) is 2.99. The molecule has 0 atom stereocenters. The fourth-order valence-electron chi connectivity index (χ4n) is 3.19. The van der Waals surface area contributed by atoms with Crippen LogP contribution in [0.3, 0.4) is 0 Å². The first-order valence-corrected chi connectivity index (χ1v) is 8.05. The largest absolute Gasteiger partial charge is 0.464 e. The van der Waals surface area contributed by atoms with Crippen molar-refractivity contribution in [2.24, 2.45) is 0 Å². The molecule has 2 aromatic heterocycles. The van der Waals surface area contributed by atoms with E-state index in [-0.39, 0.29) is 5.91 Å². The molecule has 1 aliphatic rings. The van der Waals surface area contributed by atoms with Crippen molar-refractivity contribution in [2.75, 3.05) is 0 Å². The van der Waals surface area contributed by atoms with Crippen molar-refractivity contribution in [3.8, 4) is 11.6 Å². The first kappa shape index (κ1) is 16.1. The van der Waals surface area contributed by atoms with E-state index in [0.29, 0.717) is 30.2 Å². The first-order valence-electron chi connectivity index (χ1n) is 8.05. The number of ether oxygens (including phenoxy) is 1. The van der Waals surface area contributed by atoms with Gasteiger partial charge in [0.15, 0.2) is 0 Å². The molecule has 1 aliphatic heterocycles. The van der Waals surface area contributed by atoms with Crippen LogP contribution in [0.25, 0.3) is 10.9 Å². The lowest BCUT2D eigenvalue weighted by Gasteiger charge is -2.13. The second-order valence-electron chi connectivity index (χ2n) is 6.17. The van der Waals surface area contributed by atoms with E-state index in [4.69, 9.17) is 4.74 Å². The van der Waals surface area contributed by atoms with Gasteiger partial charge in [0.1, 0.15) is 12.1 Å². The van der Waals surface area contributed by atoms with E-state index < -0.39 is 6.09 Å². The highest BCUT2D eigenvalue weighted by Gasteiger charge is 2.26.